The molecule has 0 aliphatic rings. The van der Waals surface area contributed by atoms with Crippen LogP contribution in [-0.4, -0.2) is 18.3 Å². The first kappa shape index (κ1) is 15.5. The summed E-state index contributed by atoms with van der Waals surface area (Å²) in [7, 11) is -3.92. The number of H-pyrrole nitrogens is 1. The lowest BCUT2D eigenvalue weighted by Crippen LogP contribution is -2.13. The van der Waals surface area contributed by atoms with Gasteiger partial charge in [-0.15, -0.1) is 0 Å². The lowest BCUT2D eigenvalue weighted by atomic mass is 10.2. The highest BCUT2D eigenvalue weighted by Crippen LogP contribution is 2.27. The van der Waals surface area contributed by atoms with Crippen molar-refractivity contribution in [3.63, 3.8) is 0 Å². The third-order valence-electron chi connectivity index (χ3n) is 3.44. The molecular formula is C15H10N4O4S. The Labute approximate surface area is 136 Å². The van der Waals surface area contributed by atoms with Crippen molar-refractivity contribution in [2.24, 2.45) is 0 Å². The number of anilines is 1. The Bertz CT molecular complexity index is 1080. The molecule has 120 valence electrons. The minimum atomic E-state index is -3.92. The Morgan fingerprint density at radius 1 is 1.17 bits per heavy atom. The molecular weight excluding hydrogens is 332 g/mol. The number of nitro benzene ring substituents is 1. The number of aromatic nitrogens is 1. The molecule has 0 fully saturated rings. The second kappa shape index (κ2) is 5.68. The predicted octanol–water partition coefficient (Wildman–Crippen LogP) is 2.75. The van der Waals surface area contributed by atoms with E-state index in [2.05, 4.69) is 9.71 Å². The molecule has 1 heterocycles. The van der Waals surface area contributed by atoms with Crippen LogP contribution in [0.1, 0.15) is 5.56 Å². The topological polar surface area (TPSA) is 129 Å². The van der Waals surface area contributed by atoms with E-state index in [1.165, 1.54) is 6.20 Å². The number of para-hydroxylation sites is 1. The van der Waals surface area contributed by atoms with Gasteiger partial charge < -0.3 is 4.98 Å². The number of benzene rings is 2. The molecule has 1 aromatic heterocycles. The normalized spacial score (nSPS) is 11.1. The highest BCUT2D eigenvalue weighted by Gasteiger charge is 2.18. The third kappa shape index (κ3) is 2.66. The fourth-order valence-corrected chi connectivity index (χ4v) is 3.35. The van der Waals surface area contributed by atoms with Gasteiger partial charge in [0.15, 0.2) is 0 Å². The van der Waals surface area contributed by atoms with Gasteiger partial charge in [0.1, 0.15) is 6.07 Å². The second-order valence-corrected chi connectivity index (χ2v) is 6.58. The molecule has 8 nitrogen and oxygen atoms in total. The predicted molar refractivity (Wildman–Crippen MR) is 86.9 cm³/mol. The molecule has 0 saturated carbocycles. The van der Waals surface area contributed by atoms with E-state index in [0.717, 1.165) is 24.3 Å². The maximum absolute atomic E-state index is 12.4. The lowest BCUT2D eigenvalue weighted by molar-refractivity contribution is -0.384. The summed E-state index contributed by atoms with van der Waals surface area (Å²) >= 11 is 0. The summed E-state index contributed by atoms with van der Waals surface area (Å²) < 4.78 is 27.3. The van der Waals surface area contributed by atoms with Crippen molar-refractivity contribution in [2.75, 3.05) is 4.72 Å². The van der Waals surface area contributed by atoms with Gasteiger partial charge >= 0.3 is 0 Å². The molecule has 0 saturated heterocycles. The summed E-state index contributed by atoms with van der Waals surface area (Å²) in [5.41, 5.74) is 0.979. The molecule has 0 amide bonds. The van der Waals surface area contributed by atoms with Crippen LogP contribution in [0.5, 0.6) is 0 Å². The van der Waals surface area contributed by atoms with Crippen LogP contribution in [0.25, 0.3) is 10.9 Å². The van der Waals surface area contributed by atoms with Crippen LogP contribution < -0.4 is 4.72 Å². The standard InChI is InChI=1S/C15H10N4O4S/c16-8-10-9-17-15-13(10)2-1-3-14(15)18-24(22,23)12-6-4-11(5-7-12)19(20)21/h1-7,9,17-18H. The molecule has 0 atom stereocenters. The zero-order valence-corrected chi connectivity index (χ0v) is 12.9. The Balaban J connectivity index is 1.99. The number of nitro groups is 1. The summed E-state index contributed by atoms with van der Waals surface area (Å²) in [4.78, 5) is 12.8. The van der Waals surface area contributed by atoms with E-state index in [0.29, 0.717) is 16.5 Å². The van der Waals surface area contributed by atoms with Crippen molar-refractivity contribution in [3.05, 3.63) is 64.3 Å². The summed E-state index contributed by atoms with van der Waals surface area (Å²) in [6.07, 6.45) is 1.49. The Hall–Kier alpha value is -3.38. The molecule has 2 aromatic carbocycles. The monoisotopic (exact) mass is 342 g/mol. The molecule has 2 N–H and O–H groups in total. The van der Waals surface area contributed by atoms with Gasteiger partial charge in [-0.2, -0.15) is 5.26 Å². The number of nitrogens with zero attached hydrogens (tertiary/aromatic N) is 2. The Morgan fingerprint density at radius 2 is 1.88 bits per heavy atom. The van der Waals surface area contributed by atoms with Gasteiger partial charge in [-0.3, -0.25) is 14.8 Å². The quantitative estimate of drug-likeness (QED) is 0.556. The van der Waals surface area contributed by atoms with Crippen molar-refractivity contribution in [1.29, 1.82) is 5.26 Å². The van der Waals surface area contributed by atoms with E-state index in [4.69, 9.17) is 5.26 Å². The molecule has 24 heavy (non-hydrogen) atoms. The Morgan fingerprint density at radius 3 is 2.50 bits per heavy atom. The van der Waals surface area contributed by atoms with Crippen LogP contribution >= 0.6 is 0 Å². The van der Waals surface area contributed by atoms with E-state index >= 15 is 0 Å². The molecule has 9 heteroatoms. The highest BCUT2D eigenvalue weighted by molar-refractivity contribution is 7.92. The van der Waals surface area contributed by atoms with Crippen LogP contribution in [0.3, 0.4) is 0 Å². The third-order valence-corrected chi connectivity index (χ3v) is 4.82. The zero-order chi connectivity index (χ0) is 17.3. The van der Waals surface area contributed by atoms with E-state index < -0.39 is 14.9 Å². The highest BCUT2D eigenvalue weighted by atomic mass is 32.2. The summed E-state index contributed by atoms with van der Waals surface area (Å²) in [6, 6.07) is 11.5. The van der Waals surface area contributed by atoms with Crippen LogP contribution in [0.15, 0.2) is 53.6 Å². The average Bonchev–Trinajstić information content (AvgIpc) is 2.99. The van der Waals surface area contributed by atoms with Gasteiger partial charge in [0.25, 0.3) is 15.7 Å². The summed E-state index contributed by atoms with van der Waals surface area (Å²) in [5.74, 6) is 0. The smallest absolute Gasteiger partial charge is 0.269 e. The van der Waals surface area contributed by atoms with E-state index in [-0.39, 0.29) is 16.3 Å². The fourth-order valence-electron chi connectivity index (χ4n) is 2.28. The molecule has 0 spiro atoms. The van der Waals surface area contributed by atoms with Gasteiger partial charge in [0.2, 0.25) is 0 Å². The minimum Gasteiger partial charge on any atom is -0.358 e. The summed E-state index contributed by atoms with van der Waals surface area (Å²) in [6.45, 7) is 0. The first-order chi connectivity index (χ1) is 11.4. The van der Waals surface area contributed by atoms with Crippen LogP contribution in [0, 0.1) is 21.4 Å². The maximum Gasteiger partial charge on any atom is 0.269 e. The van der Waals surface area contributed by atoms with Crippen LogP contribution in [-0.2, 0) is 10.0 Å². The molecule has 0 unspecified atom stereocenters. The number of nitrogens with one attached hydrogen (secondary N) is 2. The maximum atomic E-state index is 12.4. The Kier molecular flexibility index (Phi) is 3.67. The number of fused-ring (bicyclic) bond motifs is 1. The van der Waals surface area contributed by atoms with E-state index in [1.54, 1.807) is 18.2 Å². The van der Waals surface area contributed by atoms with Gasteiger partial charge in [0, 0.05) is 23.7 Å². The van der Waals surface area contributed by atoms with Crippen molar-refractivity contribution in [3.8, 4) is 6.07 Å². The number of aromatic amines is 1. The molecule has 3 rings (SSSR count). The fraction of sp³-hybridized carbons (Fsp3) is 0. The summed E-state index contributed by atoms with van der Waals surface area (Å²) in [5, 5.41) is 20.3. The second-order valence-electron chi connectivity index (χ2n) is 4.90. The van der Waals surface area contributed by atoms with Crippen molar-refractivity contribution in [1.82, 2.24) is 4.98 Å². The van der Waals surface area contributed by atoms with Crippen LogP contribution in [0.4, 0.5) is 11.4 Å². The molecule has 0 bridgehead atoms. The number of nitriles is 1. The van der Waals surface area contributed by atoms with Gasteiger partial charge in [0.05, 0.1) is 26.6 Å². The van der Waals surface area contributed by atoms with Crippen molar-refractivity contribution >= 4 is 32.3 Å². The van der Waals surface area contributed by atoms with Gasteiger partial charge in [-0.1, -0.05) is 12.1 Å². The van der Waals surface area contributed by atoms with E-state index in [1.807, 2.05) is 6.07 Å². The van der Waals surface area contributed by atoms with Crippen molar-refractivity contribution in [2.45, 2.75) is 4.90 Å². The number of sulfonamides is 1. The molecule has 0 aliphatic heterocycles. The van der Waals surface area contributed by atoms with Gasteiger partial charge in [-0.25, -0.2) is 8.42 Å². The molecule has 0 aliphatic carbocycles. The zero-order valence-electron chi connectivity index (χ0n) is 12.1. The molecule has 0 radical (unpaired) electrons. The first-order valence-electron chi connectivity index (χ1n) is 6.70. The first-order valence-corrected chi connectivity index (χ1v) is 8.18. The average molecular weight is 342 g/mol. The van der Waals surface area contributed by atoms with Crippen molar-refractivity contribution < 1.29 is 13.3 Å². The van der Waals surface area contributed by atoms with E-state index in [9.17, 15) is 18.5 Å². The minimum absolute atomic E-state index is 0.0998. The largest absolute Gasteiger partial charge is 0.358 e. The number of hydrogen-bond donors (Lipinski definition) is 2. The SMILES string of the molecule is N#Cc1c[nH]c2c(NS(=O)(=O)c3ccc([N+](=O)[O-])cc3)cccc12. The number of rotatable bonds is 4. The van der Waals surface area contributed by atoms with Gasteiger partial charge in [-0.05, 0) is 18.2 Å². The molecule has 3 aromatic rings. The number of hydrogen-bond acceptors (Lipinski definition) is 5. The lowest BCUT2D eigenvalue weighted by Gasteiger charge is -2.09. The number of non-ortho nitro benzene ring substituents is 1. The van der Waals surface area contributed by atoms with Crippen LogP contribution in [0.2, 0.25) is 0 Å².